The Kier molecular flexibility index (Phi) is 8.29. The lowest BCUT2D eigenvalue weighted by atomic mass is 9.93. The molecule has 1 N–H and O–H groups in total. The summed E-state index contributed by atoms with van der Waals surface area (Å²) in [5, 5.41) is 2.80. The number of ether oxygens (including phenoxy) is 1. The second-order valence-electron chi connectivity index (χ2n) is 8.62. The maximum atomic E-state index is 13.2. The molecule has 0 aliphatic carbocycles. The molecule has 10 heteroatoms. The van der Waals surface area contributed by atoms with Crippen LogP contribution in [-0.2, 0) is 21.0 Å². The number of rotatable bonds is 8. The number of nitrogens with zero attached hydrogens (tertiary/aromatic N) is 1. The molecule has 2 rings (SSSR count). The third kappa shape index (κ3) is 6.22. The van der Waals surface area contributed by atoms with Crippen molar-refractivity contribution >= 4 is 21.6 Å². The number of anilines is 1. The van der Waals surface area contributed by atoms with Crippen molar-refractivity contribution in [2.24, 2.45) is 0 Å². The van der Waals surface area contributed by atoms with Crippen molar-refractivity contribution < 1.29 is 31.1 Å². The van der Waals surface area contributed by atoms with E-state index in [1.807, 2.05) is 32.9 Å². The summed E-state index contributed by atoms with van der Waals surface area (Å²) in [5.41, 5.74) is 1.42. The number of alkyl halides is 3. The molecule has 6 nitrogen and oxygen atoms in total. The first-order chi connectivity index (χ1) is 15.6. The van der Waals surface area contributed by atoms with E-state index in [0.717, 1.165) is 46.9 Å². The van der Waals surface area contributed by atoms with Crippen LogP contribution < -0.4 is 14.4 Å². The third-order valence-corrected chi connectivity index (χ3v) is 6.82. The molecule has 2 aromatic carbocycles. The van der Waals surface area contributed by atoms with Gasteiger partial charge in [0.2, 0.25) is 15.9 Å². The number of aryl methyl sites for hydroxylation is 1. The first-order valence-electron chi connectivity index (χ1n) is 10.7. The molecule has 188 valence electrons. The summed E-state index contributed by atoms with van der Waals surface area (Å²) in [6.45, 7) is 9.00. The summed E-state index contributed by atoms with van der Waals surface area (Å²) in [6, 6.07) is 5.94. The Morgan fingerprint density at radius 1 is 1.06 bits per heavy atom. The van der Waals surface area contributed by atoms with E-state index in [-0.39, 0.29) is 11.6 Å². The minimum atomic E-state index is -4.65. The normalized spacial score (nSPS) is 14.0. The highest BCUT2D eigenvalue weighted by molar-refractivity contribution is 7.92. The van der Waals surface area contributed by atoms with Gasteiger partial charge in [0.25, 0.3) is 0 Å². The molecule has 0 aromatic heterocycles. The summed E-state index contributed by atoms with van der Waals surface area (Å²) in [7, 11) is -2.49. The van der Waals surface area contributed by atoms with Gasteiger partial charge in [0.05, 0.1) is 30.7 Å². The Morgan fingerprint density at radius 2 is 1.68 bits per heavy atom. The highest BCUT2D eigenvalue weighted by atomic mass is 32.2. The molecule has 0 fully saturated rings. The largest absolute Gasteiger partial charge is 0.496 e. The van der Waals surface area contributed by atoms with Gasteiger partial charge < -0.3 is 10.1 Å². The molecule has 0 bridgehead atoms. The summed E-state index contributed by atoms with van der Waals surface area (Å²) in [6.07, 6.45) is -3.80. The van der Waals surface area contributed by atoms with Crippen LogP contribution in [-0.4, -0.2) is 33.7 Å². The van der Waals surface area contributed by atoms with Gasteiger partial charge in [-0.1, -0.05) is 19.9 Å². The smallest absolute Gasteiger partial charge is 0.416 e. The fourth-order valence-electron chi connectivity index (χ4n) is 3.85. The standard InChI is InChI=1S/C24H31F3N2O4S/c1-14(2)20-13-21(15(3)11-22(20)33-6)16(4)28-23(30)17(5)29(34(7,31)32)19-10-8-9-18(12-19)24(25,26)27/h8-14,16-17H,1-7H3,(H,28,30)/t16-,17-/m0/s1. The van der Waals surface area contributed by atoms with Crippen molar-refractivity contribution in [1.29, 1.82) is 0 Å². The Morgan fingerprint density at radius 3 is 2.18 bits per heavy atom. The summed E-state index contributed by atoms with van der Waals surface area (Å²) in [5.74, 6) is 0.255. The average Bonchev–Trinajstić information content (AvgIpc) is 2.71. The minimum absolute atomic E-state index is 0.165. The molecule has 34 heavy (non-hydrogen) atoms. The van der Waals surface area contributed by atoms with E-state index in [1.54, 1.807) is 14.0 Å². The number of nitrogens with one attached hydrogen (secondary N) is 1. The maximum absolute atomic E-state index is 13.2. The lowest BCUT2D eigenvalue weighted by molar-refractivity contribution is -0.137. The van der Waals surface area contributed by atoms with Gasteiger partial charge in [-0.25, -0.2) is 8.42 Å². The van der Waals surface area contributed by atoms with E-state index < -0.39 is 39.8 Å². The monoisotopic (exact) mass is 500 g/mol. The second kappa shape index (κ2) is 10.2. The van der Waals surface area contributed by atoms with Crippen LogP contribution in [0.3, 0.4) is 0 Å². The number of carbonyl (C=O) groups is 1. The Bertz CT molecular complexity index is 1150. The van der Waals surface area contributed by atoms with Gasteiger partial charge in [-0.05, 0) is 73.7 Å². The second-order valence-corrected chi connectivity index (χ2v) is 10.5. The fraction of sp³-hybridized carbons (Fsp3) is 0.458. The van der Waals surface area contributed by atoms with E-state index in [2.05, 4.69) is 5.32 Å². The lowest BCUT2D eigenvalue weighted by Gasteiger charge is -2.30. The van der Waals surface area contributed by atoms with Gasteiger partial charge in [-0.2, -0.15) is 13.2 Å². The average molecular weight is 501 g/mol. The molecule has 0 spiro atoms. The SMILES string of the molecule is COc1cc(C)c([C@H](C)NC(=O)[C@H](C)N(c2cccc(C(F)(F)F)c2)S(C)(=O)=O)cc1C(C)C. The summed E-state index contributed by atoms with van der Waals surface area (Å²) >= 11 is 0. The highest BCUT2D eigenvalue weighted by Gasteiger charge is 2.34. The van der Waals surface area contributed by atoms with Gasteiger partial charge in [0.1, 0.15) is 11.8 Å². The molecule has 0 aliphatic heterocycles. The van der Waals surface area contributed by atoms with Crippen LogP contribution >= 0.6 is 0 Å². The van der Waals surface area contributed by atoms with E-state index in [4.69, 9.17) is 4.74 Å². The van der Waals surface area contributed by atoms with Gasteiger partial charge in [0.15, 0.2) is 0 Å². The van der Waals surface area contributed by atoms with Crippen LogP contribution in [0, 0.1) is 6.92 Å². The third-order valence-electron chi connectivity index (χ3n) is 5.58. The first-order valence-corrected chi connectivity index (χ1v) is 12.6. The molecule has 2 aromatic rings. The Hall–Kier alpha value is -2.75. The van der Waals surface area contributed by atoms with Crippen LogP contribution in [0.5, 0.6) is 5.75 Å². The minimum Gasteiger partial charge on any atom is -0.496 e. The number of sulfonamides is 1. The molecular weight excluding hydrogens is 469 g/mol. The molecule has 0 radical (unpaired) electrons. The van der Waals surface area contributed by atoms with Gasteiger partial charge in [-0.15, -0.1) is 0 Å². The van der Waals surface area contributed by atoms with Crippen LogP contribution in [0.15, 0.2) is 36.4 Å². The first kappa shape index (κ1) is 27.5. The topological polar surface area (TPSA) is 75.7 Å². The Balaban J connectivity index is 2.38. The number of hydrogen-bond acceptors (Lipinski definition) is 4. The van der Waals surface area contributed by atoms with Gasteiger partial charge >= 0.3 is 6.18 Å². The number of benzene rings is 2. The van der Waals surface area contributed by atoms with Gasteiger partial charge in [-0.3, -0.25) is 9.10 Å². The zero-order chi connectivity index (χ0) is 26.0. The quantitative estimate of drug-likeness (QED) is 0.542. The van der Waals surface area contributed by atoms with Crippen LogP contribution in [0.25, 0.3) is 0 Å². The summed E-state index contributed by atoms with van der Waals surface area (Å²) in [4.78, 5) is 13.1. The predicted molar refractivity (Wildman–Crippen MR) is 127 cm³/mol. The highest BCUT2D eigenvalue weighted by Crippen LogP contribution is 2.34. The number of hydrogen-bond donors (Lipinski definition) is 1. The van der Waals surface area contributed by atoms with Crippen molar-refractivity contribution in [2.75, 3.05) is 17.7 Å². The van der Waals surface area contributed by atoms with E-state index in [1.165, 1.54) is 13.0 Å². The number of methoxy groups -OCH3 is 1. The zero-order valence-electron chi connectivity index (χ0n) is 20.3. The Labute approximate surface area is 199 Å². The van der Waals surface area contributed by atoms with Crippen LogP contribution in [0.4, 0.5) is 18.9 Å². The lowest BCUT2D eigenvalue weighted by Crippen LogP contribution is -2.48. The van der Waals surface area contributed by atoms with Crippen molar-refractivity contribution in [2.45, 2.75) is 58.8 Å². The predicted octanol–water partition coefficient (Wildman–Crippen LogP) is 5.18. The van der Waals surface area contributed by atoms with E-state index in [9.17, 15) is 26.4 Å². The fourth-order valence-corrected chi connectivity index (χ4v) is 5.02. The molecule has 0 saturated heterocycles. The molecule has 0 heterocycles. The molecule has 0 aliphatic rings. The van der Waals surface area contributed by atoms with Crippen molar-refractivity contribution in [3.63, 3.8) is 0 Å². The molecule has 0 unspecified atom stereocenters. The molecule has 1 amide bonds. The zero-order valence-corrected chi connectivity index (χ0v) is 21.1. The van der Waals surface area contributed by atoms with Crippen molar-refractivity contribution in [3.8, 4) is 5.75 Å². The molecule has 0 saturated carbocycles. The van der Waals surface area contributed by atoms with Crippen molar-refractivity contribution in [3.05, 3.63) is 58.7 Å². The van der Waals surface area contributed by atoms with Crippen LogP contribution in [0.2, 0.25) is 0 Å². The number of halogens is 3. The van der Waals surface area contributed by atoms with E-state index >= 15 is 0 Å². The molecule has 2 atom stereocenters. The van der Waals surface area contributed by atoms with Crippen molar-refractivity contribution in [1.82, 2.24) is 5.32 Å². The number of amides is 1. The molecular formula is C24H31F3N2O4S. The van der Waals surface area contributed by atoms with Crippen LogP contribution in [0.1, 0.15) is 61.9 Å². The summed E-state index contributed by atoms with van der Waals surface area (Å²) < 4.78 is 70.6. The van der Waals surface area contributed by atoms with Gasteiger partial charge in [0, 0.05) is 0 Å². The maximum Gasteiger partial charge on any atom is 0.416 e. The number of carbonyl (C=O) groups excluding carboxylic acids is 1. The van der Waals surface area contributed by atoms with E-state index in [0.29, 0.717) is 4.31 Å².